The van der Waals surface area contributed by atoms with Crippen molar-refractivity contribution in [1.29, 1.82) is 5.26 Å². The van der Waals surface area contributed by atoms with Gasteiger partial charge in [0.15, 0.2) is 5.16 Å². The highest BCUT2D eigenvalue weighted by Crippen LogP contribution is 2.14. The van der Waals surface area contributed by atoms with E-state index < -0.39 is 0 Å². The minimum Gasteiger partial charge on any atom is -0.326 e. The normalized spacial score (nSPS) is 9.86. The summed E-state index contributed by atoms with van der Waals surface area (Å²) in [7, 11) is 0. The Labute approximate surface area is 127 Å². The van der Waals surface area contributed by atoms with E-state index in [0.29, 0.717) is 17.7 Å². The Morgan fingerprint density at radius 2 is 2.10 bits per heavy atom. The second-order valence-corrected chi connectivity index (χ2v) is 5.29. The van der Waals surface area contributed by atoms with Crippen LogP contribution in [0.2, 0.25) is 0 Å². The standard InChI is InChI=1S/C15H14N4OS/c16-11-12-4-1-5-13(10-12)19-14(20)6-2-9-21-15-17-7-3-8-18-15/h1,3-5,7-8,10H,2,6,9H2,(H,19,20). The first kappa shape index (κ1) is 15.0. The Hall–Kier alpha value is -2.39. The number of carbonyl (C=O) groups excluding carboxylic acids is 1. The lowest BCUT2D eigenvalue weighted by molar-refractivity contribution is -0.116. The largest absolute Gasteiger partial charge is 0.326 e. The molecule has 106 valence electrons. The number of thioether (sulfide) groups is 1. The minimum atomic E-state index is -0.0559. The fourth-order valence-corrected chi connectivity index (χ4v) is 2.39. The molecule has 0 spiro atoms. The van der Waals surface area contributed by atoms with Gasteiger partial charge in [-0.1, -0.05) is 17.8 Å². The molecule has 2 aromatic rings. The molecule has 6 heteroatoms. The van der Waals surface area contributed by atoms with Crippen LogP contribution in [0.25, 0.3) is 0 Å². The number of rotatable bonds is 6. The fraction of sp³-hybridized carbons (Fsp3) is 0.200. The fourth-order valence-electron chi connectivity index (χ4n) is 1.65. The van der Waals surface area contributed by atoms with Crippen molar-refractivity contribution in [3.8, 4) is 6.07 Å². The van der Waals surface area contributed by atoms with Crippen LogP contribution in [0.1, 0.15) is 18.4 Å². The first-order valence-corrected chi connectivity index (χ1v) is 7.46. The van der Waals surface area contributed by atoms with Crippen molar-refractivity contribution in [1.82, 2.24) is 9.97 Å². The van der Waals surface area contributed by atoms with Crippen molar-refractivity contribution in [3.05, 3.63) is 48.3 Å². The first-order valence-electron chi connectivity index (χ1n) is 6.48. The van der Waals surface area contributed by atoms with Crippen LogP contribution in [-0.4, -0.2) is 21.6 Å². The van der Waals surface area contributed by atoms with Crippen LogP contribution in [0.5, 0.6) is 0 Å². The average molecular weight is 298 g/mol. The number of anilines is 1. The maximum Gasteiger partial charge on any atom is 0.224 e. The number of nitrogens with zero attached hydrogens (tertiary/aromatic N) is 3. The van der Waals surface area contributed by atoms with E-state index >= 15 is 0 Å². The summed E-state index contributed by atoms with van der Waals surface area (Å²) >= 11 is 1.53. The topological polar surface area (TPSA) is 78.7 Å². The predicted molar refractivity (Wildman–Crippen MR) is 81.8 cm³/mol. The lowest BCUT2D eigenvalue weighted by Gasteiger charge is -2.05. The molecule has 0 bridgehead atoms. The highest BCUT2D eigenvalue weighted by molar-refractivity contribution is 7.99. The van der Waals surface area contributed by atoms with Crippen molar-refractivity contribution in [2.24, 2.45) is 0 Å². The maximum atomic E-state index is 11.8. The van der Waals surface area contributed by atoms with Crippen LogP contribution >= 0.6 is 11.8 Å². The third-order valence-corrected chi connectivity index (χ3v) is 3.56. The summed E-state index contributed by atoms with van der Waals surface area (Å²) in [6.45, 7) is 0. The summed E-state index contributed by atoms with van der Waals surface area (Å²) in [6.07, 6.45) is 4.57. The third-order valence-electron chi connectivity index (χ3n) is 2.60. The van der Waals surface area contributed by atoms with Gasteiger partial charge >= 0.3 is 0 Å². The second kappa shape index (κ2) is 8.02. The Morgan fingerprint density at radius 3 is 2.86 bits per heavy atom. The molecule has 0 atom stereocenters. The monoisotopic (exact) mass is 298 g/mol. The molecule has 1 aromatic carbocycles. The van der Waals surface area contributed by atoms with Gasteiger partial charge in [-0.05, 0) is 30.7 Å². The van der Waals surface area contributed by atoms with Crippen LogP contribution in [0, 0.1) is 11.3 Å². The molecule has 2 rings (SSSR count). The van der Waals surface area contributed by atoms with Crippen LogP contribution < -0.4 is 5.32 Å². The number of amides is 1. The van der Waals surface area contributed by atoms with Crippen molar-refractivity contribution >= 4 is 23.4 Å². The molecule has 0 aliphatic heterocycles. The van der Waals surface area contributed by atoms with Crippen LogP contribution in [-0.2, 0) is 4.79 Å². The molecule has 1 amide bonds. The summed E-state index contributed by atoms with van der Waals surface area (Å²) in [5.41, 5.74) is 1.18. The van der Waals surface area contributed by atoms with E-state index in [1.54, 1.807) is 42.7 Å². The molecule has 0 fully saturated rings. The molecule has 0 saturated heterocycles. The number of hydrogen-bond donors (Lipinski definition) is 1. The zero-order valence-electron chi connectivity index (χ0n) is 11.3. The van der Waals surface area contributed by atoms with Gasteiger partial charge in [0.25, 0.3) is 0 Å². The van der Waals surface area contributed by atoms with Gasteiger partial charge in [0.2, 0.25) is 5.91 Å². The quantitative estimate of drug-likeness (QED) is 0.504. The van der Waals surface area contributed by atoms with Crippen molar-refractivity contribution in [3.63, 3.8) is 0 Å². The molecular weight excluding hydrogens is 284 g/mol. The van der Waals surface area contributed by atoms with E-state index in [4.69, 9.17) is 5.26 Å². The Balaban J connectivity index is 1.71. The molecule has 21 heavy (non-hydrogen) atoms. The van der Waals surface area contributed by atoms with Crippen molar-refractivity contribution in [2.45, 2.75) is 18.0 Å². The van der Waals surface area contributed by atoms with E-state index in [9.17, 15) is 4.79 Å². The number of nitrogens with one attached hydrogen (secondary N) is 1. The minimum absolute atomic E-state index is 0.0559. The molecule has 0 aliphatic carbocycles. The second-order valence-electron chi connectivity index (χ2n) is 4.22. The zero-order valence-corrected chi connectivity index (χ0v) is 12.1. The lowest BCUT2D eigenvalue weighted by atomic mass is 10.2. The van der Waals surface area contributed by atoms with E-state index in [-0.39, 0.29) is 5.91 Å². The summed E-state index contributed by atoms with van der Waals surface area (Å²) < 4.78 is 0. The maximum absolute atomic E-state index is 11.8. The highest BCUT2D eigenvalue weighted by Gasteiger charge is 2.04. The van der Waals surface area contributed by atoms with Crippen LogP contribution in [0.4, 0.5) is 5.69 Å². The number of aromatic nitrogens is 2. The molecule has 5 nitrogen and oxygen atoms in total. The predicted octanol–water partition coefficient (Wildman–Crippen LogP) is 2.86. The molecule has 1 N–H and O–H groups in total. The molecule has 0 aliphatic rings. The molecular formula is C15H14N4OS. The Morgan fingerprint density at radius 1 is 1.29 bits per heavy atom. The number of nitriles is 1. The van der Waals surface area contributed by atoms with E-state index in [1.165, 1.54) is 11.8 Å². The SMILES string of the molecule is N#Cc1cccc(NC(=O)CCCSc2ncccn2)c1. The van der Waals surface area contributed by atoms with E-state index in [0.717, 1.165) is 17.3 Å². The summed E-state index contributed by atoms with van der Waals surface area (Å²) in [4.78, 5) is 20.0. The number of hydrogen-bond acceptors (Lipinski definition) is 5. The van der Waals surface area contributed by atoms with Gasteiger partial charge < -0.3 is 5.32 Å². The zero-order chi connectivity index (χ0) is 14.9. The van der Waals surface area contributed by atoms with Crippen LogP contribution in [0.3, 0.4) is 0 Å². The molecule has 0 unspecified atom stereocenters. The smallest absolute Gasteiger partial charge is 0.224 e. The highest BCUT2D eigenvalue weighted by atomic mass is 32.2. The van der Waals surface area contributed by atoms with Gasteiger partial charge in [-0.25, -0.2) is 9.97 Å². The molecule has 1 aromatic heterocycles. The third kappa shape index (κ3) is 5.24. The molecule has 0 radical (unpaired) electrons. The Kier molecular flexibility index (Phi) is 5.73. The van der Waals surface area contributed by atoms with Gasteiger partial charge in [0, 0.05) is 30.3 Å². The van der Waals surface area contributed by atoms with Crippen molar-refractivity contribution in [2.75, 3.05) is 11.1 Å². The van der Waals surface area contributed by atoms with E-state index in [2.05, 4.69) is 15.3 Å². The van der Waals surface area contributed by atoms with Gasteiger partial charge in [-0.15, -0.1) is 0 Å². The van der Waals surface area contributed by atoms with Crippen molar-refractivity contribution < 1.29 is 4.79 Å². The summed E-state index contributed by atoms with van der Waals surface area (Å²) in [5.74, 6) is 0.732. The number of carbonyl (C=O) groups is 1. The van der Waals surface area contributed by atoms with Crippen LogP contribution in [0.15, 0.2) is 47.9 Å². The van der Waals surface area contributed by atoms with Gasteiger partial charge in [0.05, 0.1) is 11.6 Å². The molecule has 1 heterocycles. The summed E-state index contributed by atoms with van der Waals surface area (Å²) in [6, 6.07) is 10.7. The average Bonchev–Trinajstić information content (AvgIpc) is 2.53. The summed E-state index contributed by atoms with van der Waals surface area (Å²) in [5, 5.41) is 12.3. The lowest BCUT2D eigenvalue weighted by Crippen LogP contribution is -2.11. The Bertz CT molecular complexity index is 640. The van der Waals surface area contributed by atoms with Gasteiger partial charge in [-0.2, -0.15) is 5.26 Å². The van der Waals surface area contributed by atoms with Gasteiger partial charge in [0.1, 0.15) is 0 Å². The van der Waals surface area contributed by atoms with Gasteiger partial charge in [-0.3, -0.25) is 4.79 Å². The molecule has 0 saturated carbocycles. The number of benzene rings is 1. The van der Waals surface area contributed by atoms with E-state index in [1.807, 2.05) is 6.07 Å². The first-order chi connectivity index (χ1) is 10.3.